The van der Waals surface area contributed by atoms with Gasteiger partial charge in [-0.05, 0) is 57.0 Å². The topological polar surface area (TPSA) is 92.8 Å². The number of carbonyl (C=O) groups is 2. The fourth-order valence-electron chi connectivity index (χ4n) is 3.25. The summed E-state index contributed by atoms with van der Waals surface area (Å²) in [5, 5.41) is 2.75. The highest BCUT2D eigenvalue weighted by atomic mass is 32.2. The van der Waals surface area contributed by atoms with Gasteiger partial charge in [-0.15, -0.1) is 0 Å². The van der Waals surface area contributed by atoms with Gasteiger partial charge in [0.1, 0.15) is 0 Å². The molecule has 0 aliphatic heterocycles. The molecule has 0 saturated heterocycles. The normalized spacial score (nSPS) is 12.1. The van der Waals surface area contributed by atoms with E-state index in [1.54, 1.807) is 44.2 Å². The van der Waals surface area contributed by atoms with Crippen LogP contribution in [0.3, 0.4) is 0 Å². The van der Waals surface area contributed by atoms with Crippen molar-refractivity contribution < 1.29 is 22.7 Å². The molecule has 7 nitrogen and oxygen atoms in total. The number of nitrogens with one attached hydrogen (secondary N) is 1. The van der Waals surface area contributed by atoms with E-state index in [0.29, 0.717) is 11.3 Å². The number of benzene rings is 2. The zero-order valence-electron chi connectivity index (χ0n) is 18.4. The predicted octanol–water partition coefficient (Wildman–Crippen LogP) is 3.67. The molecule has 0 bridgehead atoms. The molecule has 2 rings (SSSR count). The van der Waals surface area contributed by atoms with Crippen molar-refractivity contribution in [3.63, 3.8) is 0 Å². The molecule has 2 aromatic rings. The fourth-order valence-corrected chi connectivity index (χ4v) is 4.97. The van der Waals surface area contributed by atoms with Crippen molar-refractivity contribution in [2.45, 2.75) is 51.5 Å². The number of nitrogens with zero attached hydrogens (tertiary/aromatic N) is 1. The lowest BCUT2D eigenvalue weighted by Crippen LogP contribution is -2.35. The van der Waals surface area contributed by atoms with Crippen LogP contribution < -0.4 is 9.62 Å². The first-order valence-electron chi connectivity index (χ1n) is 10.4. The van der Waals surface area contributed by atoms with Crippen molar-refractivity contribution in [1.82, 2.24) is 5.32 Å². The van der Waals surface area contributed by atoms with Gasteiger partial charge in [0.15, 0.2) is 6.61 Å². The van der Waals surface area contributed by atoms with Gasteiger partial charge >= 0.3 is 5.97 Å². The van der Waals surface area contributed by atoms with Crippen molar-refractivity contribution in [2.24, 2.45) is 0 Å². The number of anilines is 1. The SMILES string of the molecule is CCC[C@@H](C)NC(=O)COC(=O)c1ccc(C)c(S(=O)(=O)N(CC)c2ccccc2)c1. The maximum Gasteiger partial charge on any atom is 0.338 e. The summed E-state index contributed by atoms with van der Waals surface area (Å²) in [5.41, 5.74) is 1.12. The smallest absolute Gasteiger partial charge is 0.338 e. The van der Waals surface area contributed by atoms with Gasteiger partial charge in [-0.3, -0.25) is 9.10 Å². The number of esters is 1. The number of para-hydroxylation sites is 1. The Kier molecular flexibility index (Phi) is 8.62. The van der Waals surface area contributed by atoms with Gasteiger partial charge < -0.3 is 10.1 Å². The van der Waals surface area contributed by atoms with Crippen LogP contribution in [0.2, 0.25) is 0 Å². The quantitative estimate of drug-likeness (QED) is 0.562. The maximum absolute atomic E-state index is 13.3. The average Bonchev–Trinajstić information content (AvgIpc) is 2.73. The summed E-state index contributed by atoms with van der Waals surface area (Å²) in [5.74, 6) is -1.15. The summed E-state index contributed by atoms with van der Waals surface area (Å²) in [7, 11) is -3.90. The number of sulfonamides is 1. The molecule has 0 fully saturated rings. The zero-order chi connectivity index (χ0) is 23.0. The molecule has 0 spiro atoms. The van der Waals surface area contributed by atoms with Crippen LogP contribution in [0, 0.1) is 6.92 Å². The standard InChI is InChI=1S/C23H30N2O5S/c1-5-10-18(4)24-22(26)16-30-23(27)19-14-13-17(3)21(15-19)31(28,29)25(6-2)20-11-8-7-9-12-20/h7-9,11-15,18H,5-6,10,16H2,1-4H3,(H,24,26)/t18-/m1/s1. The second-order valence-electron chi connectivity index (χ2n) is 7.32. The Hall–Kier alpha value is -2.87. The molecule has 8 heteroatoms. The molecule has 168 valence electrons. The highest BCUT2D eigenvalue weighted by molar-refractivity contribution is 7.92. The minimum Gasteiger partial charge on any atom is -0.452 e. The van der Waals surface area contributed by atoms with Gasteiger partial charge in [-0.1, -0.05) is 37.6 Å². The van der Waals surface area contributed by atoms with E-state index in [1.165, 1.54) is 16.4 Å². The minimum atomic E-state index is -3.90. The van der Waals surface area contributed by atoms with E-state index < -0.39 is 28.5 Å². The number of rotatable bonds is 10. The first-order valence-corrected chi connectivity index (χ1v) is 11.8. The van der Waals surface area contributed by atoms with E-state index in [4.69, 9.17) is 4.74 Å². The molecule has 31 heavy (non-hydrogen) atoms. The molecule has 0 saturated carbocycles. The number of hydrogen-bond donors (Lipinski definition) is 1. The van der Waals surface area contributed by atoms with E-state index in [2.05, 4.69) is 5.32 Å². The summed E-state index contributed by atoms with van der Waals surface area (Å²) in [6.07, 6.45) is 1.76. The molecule has 1 N–H and O–H groups in total. The monoisotopic (exact) mass is 446 g/mol. The Morgan fingerprint density at radius 2 is 1.77 bits per heavy atom. The Morgan fingerprint density at radius 3 is 2.39 bits per heavy atom. The molecular formula is C23H30N2O5S. The molecule has 0 aliphatic carbocycles. The second kappa shape index (κ2) is 10.9. The summed E-state index contributed by atoms with van der Waals surface area (Å²) in [6.45, 7) is 7.12. The zero-order valence-corrected chi connectivity index (χ0v) is 19.2. The van der Waals surface area contributed by atoms with Crippen LogP contribution in [0.25, 0.3) is 0 Å². The fraction of sp³-hybridized carbons (Fsp3) is 0.391. The van der Waals surface area contributed by atoms with Crippen molar-refractivity contribution in [2.75, 3.05) is 17.5 Å². The third-order valence-electron chi connectivity index (χ3n) is 4.79. The molecule has 0 radical (unpaired) electrons. The van der Waals surface area contributed by atoms with Crippen LogP contribution in [-0.4, -0.2) is 39.5 Å². The lowest BCUT2D eigenvalue weighted by Gasteiger charge is -2.24. The molecule has 0 heterocycles. The van der Waals surface area contributed by atoms with Crippen LogP contribution in [0.1, 0.15) is 49.5 Å². The number of carbonyl (C=O) groups excluding carboxylic acids is 2. The minimum absolute atomic E-state index is 0.00895. The maximum atomic E-state index is 13.3. The van der Waals surface area contributed by atoms with E-state index in [9.17, 15) is 18.0 Å². The number of hydrogen-bond acceptors (Lipinski definition) is 5. The van der Waals surface area contributed by atoms with Gasteiger partial charge in [-0.25, -0.2) is 13.2 Å². The first kappa shape index (κ1) is 24.4. The van der Waals surface area contributed by atoms with Crippen molar-refractivity contribution in [1.29, 1.82) is 0 Å². The predicted molar refractivity (Wildman–Crippen MR) is 121 cm³/mol. The third-order valence-corrected chi connectivity index (χ3v) is 6.83. The van der Waals surface area contributed by atoms with E-state index in [1.807, 2.05) is 19.9 Å². The number of amides is 1. The molecule has 0 aromatic heterocycles. The lowest BCUT2D eigenvalue weighted by atomic mass is 10.1. The average molecular weight is 447 g/mol. The van der Waals surface area contributed by atoms with Gasteiger partial charge in [-0.2, -0.15) is 0 Å². The Morgan fingerprint density at radius 1 is 1.10 bits per heavy atom. The summed E-state index contributed by atoms with van der Waals surface area (Å²) >= 11 is 0. The number of ether oxygens (including phenoxy) is 1. The first-order chi connectivity index (χ1) is 14.7. The Labute approximate surface area is 184 Å². The van der Waals surface area contributed by atoms with Gasteiger partial charge in [0.2, 0.25) is 0 Å². The molecule has 1 amide bonds. The lowest BCUT2D eigenvalue weighted by molar-refractivity contribution is -0.124. The van der Waals surface area contributed by atoms with Crippen LogP contribution in [-0.2, 0) is 19.6 Å². The van der Waals surface area contributed by atoms with Crippen molar-refractivity contribution >= 4 is 27.6 Å². The van der Waals surface area contributed by atoms with Crippen molar-refractivity contribution in [3.05, 3.63) is 59.7 Å². The Bertz CT molecular complexity index is 1010. The van der Waals surface area contributed by atoms with Gasteiger partial charge in [0.25, 0.3) is 15.9 Å². The summed E-state index contributed by atoms with van der Waals surface area (Å²) in [6, 6.07) is 13.1. The molecule has 0 aliphatic rings. The second-order valence-corrected chi connectivity index (χ2v) is 9.15. The van der Waals surface area contributed by atoms with Crippen LogP contribution in [0.15, 0.2) is 53.4 Å². The van der Waals surface area contributed by atoms with Gasteiger partial charge in [0.05, 0.1) is 16.1 Å². The van der Waals surface area contributed by atoms with Gasteiger partial charge in [0, 0.05) is 12.6 Å². The van der Waals surface area contributed by atoms with E-state index in [-0.39, 0.29) is 23.0 Å². The largest absolute Gasteiger partial charge is 0.452 e. The van der Waals surface area contributed by atoms with Crippen molar-refractivity contribution in [3.8, 4) is 0 Å². The van der Waals surface area contributed by atoms with E-state index in [0.717, 1.165) is 12.8 Å². The number of aryl methyl sites for hydroxylation is 1. The van der Waals surface area contributed by atoms with Crippen LogP contribution >= 0.6 is 0 Å². The van der Waals surface area contributed by atoms with Crippen LogP contribution in [0.5, 0.6) is 0 Å². The summed E-state index contributed by atoms with van der Waals surface area (Å²) in [4.78, 5) is 24.4. The molecular weight excluding hydrogens is 416 g/mol. The third kappa shape index (κ3) is 6.30. The Balaban J connectivity index is 2.21. The summed E-state index contributed by atoms with van der Waals surface area (Å²) < 4.78 is 33.0. The van der Waals surface area contributed by atoms with E-state index >= 15 is 0 Å². The molecule has 2 aromatic carbocycles. The highest BCUT2D eigenvalue weighted by Crippen LogP contribution is 2.26. The molecule has 0 unspecified atom stereocenters. The van der Waals surface area contributed by atoms with Crippen LogP contribution in [0.4, 0.5) is 5.69 Å². The molecule has 1 atom stereocenters. The highest BCUT2D eigenvalue weighted by Gasteiger charge is 2.26.